The number of nitrogen functional groups attached to an aromatic ring is 1. The van der Waals surface area contributed by atoms with E-state index in [0.29, 0.717) is 36.0 Å². The van der Waals surface area contributed by atoms with Gasteiger partial charge in [-0.3, -0.25) is 4.79 Å². The summed E-state index contributed by atoms with van der Waals surface area (Å²) >= 11 is 0. The van der Waals surface area contributed by atoms with Crippen molar-refractivity contribution < 1.29 is 14.3 Å². The summed E-state index contributed by atoms with van der Waals surface area (Å²) in [6, 6.07) is 3.18. The normalized spacial score (nSPS) is 13.7. The van der Waals surface area contributed by atoms with Gasteiger partial charge in [0.25, 0.3) is 0 Å². The summed E-state index contributed by atoms with van der Waals surface area (Å²) in [5, 5.41) is 0. The van der Waals surface area contributed by atoms with Crippen molar-refractivity contribution in [2.24, 2.45) is 5.73 Å². The summed E-state index contributed by atoms with van der Waals surface area (Å²) in [6.45, 7) is 0.910. The molecule has 0 aliphatic carbocycles. The van der Waals surface area contributed by atoms with Gasteiger partial charge in [0.1, 0.15) is 13.2 Å². The second-order valence-electron chi connectivity index (χ2n) is 3.21. The predicted octanol–water partition coefficient (Wildman–Crippen LogP) is 0.181. The molecule has 0 unspecified atom stereocenters. The second kappa shape index (κ2) is 3.78. The SMILES string of the molecule is NCC(=O)c1cc2c(cc1N)OCCO2. The number of nitrogens with two attached hydrogens (primary N) is 2. The monoisotopic (exact) mass is 208 g/mol. The zero-order chi connectivity index (χ0) is 10.8. The van der Waals surface area contributed by atoms with Crippen molar-refractivity contribution in [2.45, 2.75) is 0 Å². The first kappa shape index (κ1) is 9.79. The maximum atomic E-state index is 11.4. The van der Waals surface area contributed by atoms with E-state index in [1.165, 1.54) is 0 Å². The first-order chi connectivity index (χ1) is 7.22. The molecule has 0 aromatic heterocycles. The minimum absolute atomic E-state index is 0.0656. The largest absolute Gasteiger partial charge is 0.486 e. The van der Waals surface area contributed by atoms with Gasteiger partial charge < -0.3 is 20.9 Å². The Bertz CT molecular complexity index is 404. The van der Waals surface area contributed by atoms with Gasteiger partial charge in [-0.05, 0) is 6.07 Å². The average Bonchev–Trinajstić information content (AvgIpc) is 2.27. The van der Waals surface area contributed by atoms with Crippen LogP contribution in [0, 0.1) is 0 Å². The molecule has 1 aliphatic heterocycles. The fraction of sp³-hybridized carbons (Fsp3) is 0.300. The highest BCUT2D eigenvalue weighted by atomic mass is 16.6. The third-order valence-corrected chi connectivity index (χ3v) is 2.20. The van der Waals surface area contributed by atoms with Crippen LogP contribution in [0.4, 0.5) is 5.69 Å². The van der Waals surface area contributed by atoms with Crippen LogP contribution in [0.1, 0.15) is 10.4 Å². The van der Waals surface area contributed by atoms with Crippen LogP contribution in [0.15, 0.2) is 12.1 Å². The molecule has 0 radical (unpaired) electrons. The van der Waals surface area contributed by atoms with Crippen molar-refractivity contribution in [3.05, 3.63) is 17.7 Å². The number of Topliss-reactive ketones (excluding diaryl/α,β-unsaturated/α-hetero) is 1. The third kappa shape index (κ3) is 1.73. The van der Waals surface area contributed by atoms with E-state index in [4.69, 9.17) is 20.9 Å². The highest BCUT2D eigenvalue weighted by Crippen LogP contribution is 2.34. The van der Waals surface area contributed by atoms with Gasteiger partial charge in [0.15, 0.2) is 17.3 Å². The number of ketones is 1. The van der Waals surface area contributed by atoms with Crippen molar-refractivity contribution in [3.8, 4) is 11.5 Å². The smallest absolute Gasteiger partial charge is 0.178 e. The Morgan fingerprint density at radius 2 is 1.87 bits per heavy atom. The van der Waals surface area contributed by atoms with Gasteiger partial charge in [-0.25, -0.2) is 0 Å². The Morgan fingerprint density at radius 1 is 1.27 bits per heavy atom. The van der Waals surface area contributed by atoms with Crippen LogP contribution in [0.25, 0.3) is 0 Å². The van der Waals surface area contributed by atoms with Crippen LogP contribution in [0.2, 0.25) is 0 Å². The zero-order valence-corrected chi connectivity index (χ0v) is 8.16. The number of fused-ring (bicyclic) bond motifs is 1. The molecule has 0 saturated heterocycles. The standard InChI is InChI=1S/C10H12N2O3/c11-5-8(13)6-3-9-10(4-7(6)12)15-2-1-14-9/h3-4H,1-2,5,11-12H2. The van der Waals surface area contributed by atoms with Gasteiger partial charge in [-0.1, -0.05) is 0 Å². The maximum absolute atomic E-state index is 11.4. The molecule has 1 heterocycles. The molecule has 0 fully saturated rings. The van der Waals surface area contributed by atoms with Crippen molar-refractivity contribution in [1.82, 2.24) is 0 Å². The molecular weight excluding hydrogens is 196 g/mol. The van der Waals surface area contributed by atoms with Crippen molar-refractivity contribution >= 4 is 11.5 Å². The molecule has 0 saturated carbocycles. The van der Waals surface area contributed by atoms with Crippen LogP contribution in [-0.2, 0) is 0 Å². The number of ether oxygens (including phenoxy) is 2. The van der Waals surface area contributed by atoms with Crippen LogP contribution in [0.5, 0.6) is 11.5 Å². The molecule has 1 aliphatic rings. The quantitative estimate of drug-likeness (QED) is 0.534. The van der Waals surface area contributed by atoms with Gasteiger partial charge in [0, 0.05) is 17.3 Å². The van der Waals surface area contributed by atoms with Crippen LogP contribution in [0.3, 0.4) is 0 Å². The molecule has 1 aromatic carbocycles. The fourth-order valence-corrected chi connectivity index (χ4v) is 1.46. The molecule has 0 atom stereocenters. The molecular formula is C10H12N2O3. The van der Waals surface area contributed by atoms with E-state index in [0.717, 1.165) is 0 Å². The second-order valence-corrected chi connectivity index (χ2v) is 3.21. The highest BCUT2D eigenvalue weighted by Gasteiger charge is 2.17. The summed E-state index contributed by atoms with van der Waals surface area (Å²) in [5.41, 5.74) is 11.7. The predicted molar refractivity (Wildman–Crippen MR) is 55.2 cm³/mol. The molecule has 80 valence electrons. The Kier molecular flexibility index (Phi) is 2.47. The van der Waals surface area contributed by atoms with Crippen molar-refractivity contribution in [2.75, 3.05) is 25.5 Å². The topological polar surface area (TPSA) is 87.6 Å². The molecule has 5 nitrogen and oxygen atoms in total. The van der Waals surface area contributed by atoms with E-state index in [9.17, 15) is 4.79 Å². The minimum Gasteiger partial charge on any atom is -0.486 e. The number of carbonyl (C=O) groups excluding carboxylic acids is 1. The summed E-state index contributed by atoms with van der Waals surface area (Å²) in [6.07, 6.45) is 0. The third-order valence-electron chi connectivity index (χ3n) is 2.20. The zero-order valence-electron chi connectivity index (χ0n) is 8.16. The van der Waals surface area contributed by atoms with E-state index >= 15 is 0 Å². The summed E-state index contributed by atoms with van der Waals surface area (Å²) in [5.74, 6) is 0.920. The first-order valence-corrected chi connectivity index (χ1v) is 4.64. The summed E-state index contributed by atoms with van der Waals surface area (Å²) in [4.78, 5) is 11.4. The van der Waals surface area contributed by atoms with Gasteiger partial charge >= 0.3 is 0 Å². The first-order valence-electron chi connectivity index (χ1n) is 4.64. The van der Waals surface area contributed by atoms with E-state index < -0.39 is 0 Å². The molecule has 0 bridgehead atoms. The van der Waals surface area contributed by atoms with Crippen molar-refractivity contribution in [1.29, 1.82) is 0 Å². The Balaban J connectivity index is 2.44. The Hall–Kier alpha value is -1.75. The number of anilines is 1. The van der Waals surface area contributed by atoms with Crippen LogP contribution < -0.4 is 20.9 Å². The lowest BCUT2D eigenvalue weighted by atomic mass is 10.1. The Labute approximate surface area is 87.0 Å². The van der Waals surface area contributed by atoms with E-state index in [-0.39, 0.29) is 12.3 Å². The van der Waals surface area contributed by atoms with Crippen molar-refractivity contribution in [3.63, 3.8) is 0 Å². The molecule has 1 aromatic rings. The summed E-state index contributed by atoms with van der Waals surface area (Å²) < 4.78 is 10.7. The van der Waals surface area contributed by atoms with E-state index in [1.54, 1.807) is 12.1 Å². The molecule has 4 N–H and O–H groups in total. The minimum atomic E-state index is -0.204. The molecule has 2 rings (SSSR count). The van der Waals surface area contributed by atoms with E-state index in [1.807, 2.05) is 0 Å². The fourth-order valence-electron chi connectivity index (χ4n) is 1.46. The van der Waals surface area contributed by atoms with E-state index in [2.05, 4.69) is 0 Å². The van der Waals surface area contributed by atoms with Crippen LogP contribution in [-0.4, -0.2) is 25.5 Å². The number of rotatable bonds is 2. The van der Waals surface area contributed by atoms with Crippen LogP contribution >= 0.6 is 0 Å². The maximum Gasteiger partial charge on any atom is 0.178 e. The number of benzene rings is 1. The lowest BCUT2D eigenvalue weighted by molar-refractivity contribution is 0.100. The molecule has 0 spiro atoms. The average molecular weight is 208 g/mol. The van der Waals surface area contributed by atoms with Gasteiger partial charge in [-0.2, -0.15) is 0 Å². The lowest BCUT2D eigenvalue weighted by Gasteiger charge is -2.19. The highest BCUT2D eigenvalue weighted by molar-refractivity contribution is 6.02. The summed E-state index contributed by atoms with van der Waals surface area (Å²) in [7, 11) is 0. The lowest BCUT2D eigenvalue weighted by Crippen LogP contribution is -2.19. The molecule has 0 amide bonds. The number of hydrogen-bond donors (Lipinski definition) is 2. The number of hydrogen-bond acceptors (Lipinski definition) is 5. The number of carbonyl (C=O) groups is 1. The molecule has 5 heteroatoms. The van der Waals surface area contributed by atoms with Gasteiger partial charge in [-0.15, -0.1) is 0 Å². The van der Waals surface area contributed by atoms with Gasteiger partial charge in [0.05, 0.1) is 6.54 Å². The Morgan fingerprint density at radius 3 is 2.47 bits per heavy atom. The van der Waals surface area contributed by atoms with Gasteiger partial charge in [0.2, 0.25) is 0 Å². The molecule has 15 heavy (non-hydrogen) atoms.